The summed E-state index contributed by atoms with van der Waals surface area (Å²) >= 11 is 0. The molecule has 3 aromatic rings. The highest BCUT2D eigenvalue weighted by atomic mass is 19.1. The molecule has 2 aromatic carbocycles. The maximum Gasteiger partial charge on any atom is 0.303 e. The molecule has 0 amide bonds. The van der Waals surface area contributed by atoms with Crippen LogP contribution < -0.4 is 4.74 Å². The van der Waals surface area contributed by atoms with Crippen LogP contribution in [0.1, 0.15) is 6.92 Å². The first-order valence-electron chi connectivity index (χ1n) is 7.57. The van der Waals surface area contributed by atoms with Gasteiger partial charge in [-0.25, -0.2) is 9.37 Å². The molecule has 24 heavy (non-hydrogen) atoms. The van der Waals surface area contributed by atoms with Crippen molar-refractivity contribution in [2.75, 3.05) is 6.61 Å². The smallest absolute Gasteiger partial charge is 0.303 e. The zero-order chi connectivity index (χ0) is 16.9. The van der Waals surface area contributed by atoms with Crippen LogP contribution in [0.4, 0.5) is 4.39 Å². The highest BCUT2D eigenvalue weighted by molar-refractivity contribution is 5.75. The fraction of sp³-hybridized carbons (Fsp3) is 0.222. The SMILES string of the molecule is CC(=O)O[C@H](COc1ccc(F)cc1)Cn1cnc2ccccc21. The summed E-state index contributed by atoms with van der Waals surface area (Å²) in [5.74, 6) is -0.195. The lowest BCUT2D eigenvalue weighted by Crippen LogP contribution is -2.28. The number of carbonyl (C=O) groups is 1. The summed E-state index contributed by atoms with van der Waals surface area (Å²) in [5, 5.41) is 0. The van der Waals surface area contributed by atoms with Crippen LogP contribution in [0, 0.1) is 5.82 Å². The average molecular weight is 328 g/mol. The van der Waals surface area contributed by atoms with E-state index in [0.717, 1.165) is 11.0 Å². The molecule has 0 saturated heterocycles. The Bertz CT molecular complexity index is 830. The Morgan fingerprint density at radius 2 is 1.96 bits per heavy atom. The van der Waals surface area contributed by atoms with E-state index in [0.29, 0.717) is 12.3 Å². The van der Waals surface area contributed by atoms with Gasteiger partial charge in [-0.15, -0.1) is 0 Å². The lowest BCUT2D eigenvalue weighted by molar-refractivity contribution is -0.148. The van der Waals surface area contributed by atoms with Gasteiger partial charge in [0.1, 0.15) is 18.2 Å². The molecular weight excluding hydrogens is 311 g/mol. The maximum atomic E-state index is 12.9. The second-order valence-corrected chi connectivity index (χ2v) is 5.38. The number of hydrogen-bond acceptors (Lipinski definition) is 4. The lowest BCUT2D eigenvalue weighted by atomic mass is 10.3. The minimum atomic E-state index is -0.481. The number of benzene rings is 2. The van der Waals surface area contributed by atoms with Crippen LogP contribution in [0.15, 0.2) is 54.9 Å². The van der Waals surface area contributed by atoms with Crippen molar-refractivity contribution >= 4 is 17.0 Å². The summed E-state index contributed by atoms with van der Waals surface area (Å²) in [7, 11) is 0. The van der Waals surface area contributed by atoms with Gasteiger partial charge >= 0.3 is 5.97 Å². The van der Waals surface area contributed by atoms with E-state index in [1.54, 1.807) is 6.33 Å². The van der Waals surface area contributed by atoms with Crippen LogP contribution in [0.2, 0.25) is 0 Å². The van der Waals surface area contributed by atoms with Crippen LogP contribution >= 0.6 is 0 Å². The molecule has 6 heteroatoms. The zero-order valence-electron chi connectivity index (χ0n) is 13.2. The molecule has 1 aromatic heterocycles. The Morgan fingerprint density at radius 3 is 2.71 bits per heavy atom. The number of para-hydroxylation sites is 2. The summed E-state index contributed by atoms with van der Waals surface area (Å²) in [4.78, 5) is 15.7. The third kappa shape index (κ3) is 3.90. The quantitative estimate of drug-likeness (QED) is 0.652. The van der Waals surface area contributed by atoms with E-state index in [4.69, 9.17) is 9.47 Å². The summed E-state index contributed by atoms with van der Waals surface area (Å²) in [6.45, 7) is 1.94. The number of ether oxygens (including phenoxy) is 2. The molecule has 0 aliphatic carbocycles. The molecule has 0 radical (unpaired) electrons. The summed E-state index contributed by atoms with van der Waals surface area (Å²) in [6, 6.07) is 13.4. The summed E-state index contributed by atoms with van der Waals surface area (Å²) in [6.07, 6.45) is 1.23. The molecule has 0 bridgehead atoms. The monoisotopic (exact) mass is 328 g/mol. The van der Waals surface area contributed by atoms with Crippen molar-refractivity contribution in [3.05, 3.63) is 60.7 Å². The van der Waals surface area contributed by atoms with E-state index in [2.05, 4.69) is 4.98 Å². The van der Waals surface area contributed by atoms with Crippen molar-refractivity contribution in [2.24, 2.45) is 0 Å². The highest BCUT2D eigenvalue weighted by Crippen LogP contribution is 2.15. The van der Waals surface area contributed by atoms with Crippen molar-refractivity contribution in [1.82, 2.24) is 9.55 Å². The molecule has 1 heterocycles. The number of imidazole rings is 1. The molecule has 0 aliphatic rings. The van der Waals surface area contributed by atoms with Crippen molar-refractivity contribution in [3.8, 4) is 5.75 Å². The minimum absolute atomic E-state index is 0.164. The number of esters is 1. The second kappa shape index (κ2) is 7.12. The first-order valence-corrected chi connectivity index (χ1v) is 7.57. The van der Waals surface area contributed by atoms with Gasteiger partial charge in [0.05, 0.1) is 23.9 Å². The number of carbonyl (C=O) groups excluding carboxylic acids is 1. The van der Waals surface area contributed by atoms with Crippen molar-refractivity contribution in [1.29, 1.82) is 0 Å². The Labute approximate surface area is 138 Å². The number of hydrogen-bond donors (Lipinski definition) is 0. The molecule has 1 atom stereocenters. The van der Waals surface area contributed by atoms with E-state index in [-0.39, 0.29) is 18.4 Å². The molecule has 0 fully saturated rings. The molecule has 0 aliphatic heterocycles. The van der Waals surface area contributed by atoms with Gasteiger partial charge in [0, 0.05) is 6.92 Å². The zero-order valence-corrected chi connectivity index (χ0v) is 13.2. The van der Waals surface area contributed by atoms with Gasteiger partial charge in [0.15, 0.2) is 6.10 Å². The third-order valence-electron chi connectivity index (χ3n) is 3.51. The van der Waals surface area contributed by atoms with Gasteiger partial charge in [-0.05, 0) is 36.4 Å². The van der Waals surface area contributed by atoms with Crippen molar-refractivity contribution in [2.45, 2.75) is 19.6 Å². The number of fused-ring (bicyclic) bond motifs is 1. The first kappa shape index (κ1) is 16.0. The number of rotatable bonds is 6. The van der Waals surface area contributed by atoms with Gasteiger partial charge < -0.3 is 14.0 Å². The highest BCUT2D eigenvalue weighted by Gasteiger charge is 2.16. The van der Waals surface area contributed by atoms with Crippen LogP contribution in [-0.4, -0.2) is 28.2 Å². The van der Waals surface area contributed by atoms with E-state index >= 15 is 0 Å². The molecule has 3 rings (SSSR count). The predicted molar refractivity (Wildman–Crippen MR) is 87.2 cm³/mol. The van der Waals surface area contributed by atoms with E-state index < -0.39 is 6.10 Å². The van der Waals surface area contributed by atoms with Crippen molar-refractivity contribution in [3.63, 3.8) is 0 Å². The summed E-state index contributed by atoms with van der Waals surface area (Å²) in [5.41, 5.74) is 1.83. The van der Waals surface area contributed by atoms with E-state index in [1.165, 1.54) is 31.2 Å². The van der Waals surface area contributed by atoms with E-state index in [9.17, 15) is 9.18 Å². The maximum absolute atomic E-state index is 12.9. The molecule has 0 saturated carbocycles. The Morgan fingerprint density at radius 1 is 1.21 bits per heavy atom. The van der Waals surface area contributed by atoms with Crippen LogP contribution in [-0.2, 0) is 16.1 Å². The molecule has 5 nitrogen and oxygen atoms in total. The van der Waals surface area contributed by atoms with Gasteiger partial charge in [-0.1, -0.05) is 12.1 Å². The molecule has 0 spiro atoms. The fourth-order valence-electron chi connectivity index (χ4n) is 2.45. The average Bonchev–Trinajstić information content (AvgIpc) is 2.97. The van der Waals surface area contributed by atoms with Gasteiger partial charge in [0.2, 0.25) is 0 Å². The van der Waals surface area contributed by atoms with Gasteiger partial charge in [-0.2, -0.15) is 0 Å². The molecule has 0 N–H and O–H groups in total. The van der Waals surface area contributed by atoms with Gasteiger partial charge in [-0.3, -0.25) is 4.79 Å². The lowest BCUT2D eigenvalue weighted by Gasteiger charge is -2.18. The van der Waals surface area contributed by atoms with Crippen molar-refractivity contribution < 1.29 is 18.7 Å². The fourth-order valence-corrected chi connectivity index (χ4v) is 2.45. The number of halogens is 1. The molecular formula is C18H17FN2O3. The Hall–Kier alpha value is -2.89. The first-order chi connectivity index (χ1) is 11.6. The standard InChI is InChI=1S/C18H17FN2O3/c1-13(22)24-16(11-23-15-8-6-14(19)7-9-15)10-21-12-20-17-4-2-3-5-18(17)21/h2-9,12,16H,10-11H2,1H3/t16-/m0/s1. The predicted octanol–water partition coefficient (Wildman–Crippen LogP) is 3.19. The normalized spacial score (nSPS) is 12.1. The minimum Gasteiger partial charge on any atom is -0.490 e. The number of nitrogens with zero attached hydrogens (tertiary/aromatic N) is 2. The Balaban J connectivity index is 1.71. The largest absolute Gasteiger partial charge is 0.490 e. The van der Waals surface area contributed by atoms with Crippen LogP contribution in [0.25, 0.3) is 11.0 Å². The molecule has 0 unspecified atom stereocenters. The topological polar surface area (TPSA) is 53.4 Å². The third-order valence-corrected chi connectivity index (χ3v) is 3.51. The van der Waals surface area contributed by atoms with E-state index in [1.807, 2.05) is 28.8 Å². The van der Waals surface area contributed by atoms with Crippen LogP contribution in [0.3, 0.4) is 0 Å². The van der Waals surface area contributed by atoms with Gasteiger partial charge in [0.25, 0.3) is 0 Å². The Kier molecular flexibility index (Phi) is 4.74. The molecule has 124 valence electrons. The van der Waals surface area contributed by atoms with Crippen LogP contribution in [0.5, 0.6) is 5.75 Å². The summed E-state index contributed by atoms with van der Waals surface area (Å²) < 4.78 is 25.8. The second-order valence-electron chi connectivity index (χ2n) is 5.38. The number of aromatic nitrogens is 2.